The van der Waals surface area contributed by atoms with E-state index in [1.54, 1.807) is 0 Å². The number of aromatic nitrogens is 2. The molecular weight excluding hydrogens is 326 g/mol. The van der Waals surface area contributed by atoms with Crippen LogP contribution in [0.25, 0.3) is 11.0 Å². The van der Waals surface area contributed by atoms with Crippen LogP contribution in [0, 0.1) is 6.92 Å². The number of carbonyl (C=O) groups excluding carboxylic acids is 1. The zero-order valence-corrected chi connectivity index (χ0v) is 15.4. The van der Waals surface area contributed by atoms with E-state index >= 15 is 0 Å². The first-order valence-corrected chi connectivity index (χ1v) is 8.93. The normalized spacial score (nSPS) is 11.0. The Balaban J connectivity index is 1.77. The first kappa shape index (κ1) is 18.1. The molecule has 0 aliphatic carbocycles. The standard InChI is InChI=1S/C21H25N3O2/c1-16-8-3-4-9-17(16)14-24-19-11-6-5-10-18(19)23-20(24)12-7-13-22-21(25)15-26-2/h3-6,8-11H,7,12-15H2,1-2H3,(H,22,25). The van der Waals surface area contributed by atoms with Gasteiger partial charge in [-0.15, -0.1) is 0 Å². The van der Waals surface area contributed by atoms with Gasteiger partial charge in [-0.25, -0.2) is 4.98 Å². The van der Waals surface area contributed by atoms with Crippen LogP contribution in [0.1, 0.15) is 23.4 Å². The maximum Gasteiger partial charge on any atom is 0.245 e. The summed E-state index contributed by atoms with van der Waals surface area (Å²) in [5.74, 6) is 0.969. The predicted octanol–water partition coefficient (Wildman–Crippen LogP) is 3.09. The van der Waals surface area contributed by atoms with Crippen molar-refractivity contribution in [1.29, 1.82) is 0 Å². The third kappa shape index (κ3) is 4.29. The van der Waals surface area contributed by atoms with Crippen LogP contribution in [0.15, 0.2) is 48.5 Å². The summed E-state index contributed by atoms with van der Waals surface area (Å²) in [5, 5.41) is 2.86. The second-order valence-electron chi connectivity index (χ2n) is 6.42. The van der Waals surface area contributed by atoms with Gasteiger partial charge in [-0.3, -0.25) is 4.79 Å². The molecule has 1 N–H and O–H groups in total. The molecule has 1 aromatic heterocycles. The molecule has 1 heterocycles. The van der Waals surface area contributed by atoms with Crippen molar-refractivity contribution in [1.82, 2.24) is 14.9 Å². The van der Waals surface area contributed by atoms with Crippen LogP contribution in [0.3, 0.4) is 0 Å². The van der Waals surface area contributed by atoms with Crippen LogP contribution in [-0.2, 0) is 22.5 Å². The Hall–Kier alpha value is -2.66. The first-order chi connectivity index (χ1) is 12.7. The van der Waals surface area contributed by atoms with Crippen molar-refractivity contribution in [3.05, 3.63) is 65.5 Å². The van der Waals surface area contributed by atoms with Gasteiger partial charge < -0.3 is 14.6 Å². The highest BCUT2D eigenvalue weighted by Gasteiger charge is 2.11. The number of hydrogen-bond acceptors (Lipinski definition) is 3. The van der Waals surface area contributed by atoms with Crippen LogP contribution in [0.2, 0.25) is 0 Å². The first-order valence-electron chi connectivity index (χ1n) is 8.93. The maximum atomic E-state index is 11.5. The molecule has 0 saturated heterocycles. The van der Waals surface area contributed by atoms with E-state index in [1.807, 2.05) is 18.2 Å². The molecule has 3 aromatic rings. The number of benzene rings is 2. The Morgan fingerprint density at radius 2 is 1.92 bits per heavy atom. The molecule has 0 bridgehead atoms. The van der Waals surface area contributed by atoms with Gasteiger partial charge in [0, 0.05) is 26.6 Å². The Morgan fingerprint density at radius 3 is 2.73 bits per heavy atom. The molecule has 0 radical (unpaired) electrons. The molecule has 0 spiro atoms. The molecule has 0 aliphatic rings. The van der Waals surface area contributed by atoms with E-state index in [2.05, 4.69) is 47.1 Å². The fourth-order valence-electron chi connectivity index (χ4n) is 3.11. The zero-order valence-electron chi connectivity index (χ0n) is 15.4. The molecule has 26 heavy (non-hydrogen) atoms. The minimum absolute atomic E-state index is 0.0825. The number of ether oxygens (including phenoxy) is 1. The van der Waals surface area contributed by atoms with Gasteiger partial charge in [0.2, 0.25) is 5.91 Å². The average Bonchev–Trinajstić information content (AvgIpc) is 2.98. The van der Waals surface area contributed by atoms with Crippen LogP contribution < -0.4 is 5.32 Å². The van der Waals surface area contributed by atoms with Crippen molar-refractivity contribution in [3.8, 4) is 0 Å². The number of methoxy groups -OCH3 is 1. The molecular formula is C21H25N3O2. The summed E-state index contributed by atoms with van der Waals surface area (Å²) in [4.78, 5) is 16.3. The lowest BCUT2D eigenvalue weighted by molar-refractivity contribution is -0.124. The predicted molar refractivity (Wildman–Crippen MR) is 103 cm³/mol. The number of nitrogens with one attached hydrogen (secondary N) is 1. The Bertz CT molecular complexity index is 886. The van der Waals surface area contributed by atoms with Crippen molar-refractivity contribution in [2.24, 2.45) is 0 Å². The van der Waals surface area contributed by atoms with Gasteiger partial charge in [-0.2, -0.15) is 0 Å². The molecule has 0 atom stereocenters. The second-order valence-corrected chi connectivity index (χ2v) is 6.42. The molecule has 3 rings (SSSR count). The van der Waals surface area contributed by atoms with Crippen LogP contribution in [0.5, 0.6) is 0 Å². The molecule has 0 fully saturated rings. The van der Waals surface area contributed by atoms with Crippen LogP contribution in [-0.4, -0.2) is 35.7 Å². The summed E-state index contributed by atoms with van der Waals surface area (Å²) in [5.41, 5.74) is 4.74. The van der Waals surface area contributed by atoms with E-state index in [4.69, 9.17) is 9.72 Å². The molecule has 2 aromatic carbocycles. The number of hydrogen-bond donors (Lipinski definition) is 1. The van der Waals surface area contributed by atoms with Gasteiger partial charge in [0.1, 0.15) is 12.4 Å². The van der Waals surface area contributed by atoms with Gasteiger partial charge in [0.25, 0.3) is 0 Å². The molecule has 0 unspecified atom stereocenters. The van der Waals surface area contributed by atoms with E-state index in [0.29, 0.717) is 6.54 Å². The highest BCUT2D eigenvalue weighted by atomic mass is 16.5. The zero-order chi connectivity index (χ0) is 18.4. The molecule has 136 valence electrons. The number of nitrogens with zero attached hydrogens (tertiary/aromatic N) is 2. The van der Waals surface area contributed by atoms with E-state index in [0.717, 1.165) is 36.2 Å². The molecule has 1 amide bonds. The SMILES string of the molecule is COCC(=O)NCCCc1nc2ccccc2n1Cc1ccccc1C. The van der Waals surface area contributed by atoms with Gasteiger partial charge in [-0.05, 0) is 36.6 Å². The number of para-hydroxylation sites is 2. The molecule has 5 heteroatoms. The van der Waals surface area contributed by atoms with Gasteiger partial charge in [0.15, 0.2) is 0 Å². The van der Waals surface area contributed by atoms with Gasteiger partial charge >= 0.3 is 0 Å². The van der Waals surface area contributed by atoms with Crippen molar-refractivity contribution >= 4 is 16.9 Å². The van der Waals surface area contributed by atoms with E-state index in [1.165, 1.54) is 18.2 Å². The number of amides is 1. The lowest BCUT2D eigenvalue weighted by atomic mass is 10.1. The minimum atomic E-state index is -0.0825. The van der Waals surface area contributed by atoms with E-state index < -0.39 is 0 Å². The lowest BCUT2D eigenvalue weighted by Gasteiger charge is -2.12. The highest BCUT2D eigenvalue weighted by Crippen LogP contribution is 2.20. The number of rotatable bonds is 8. The Kier molecular flexibility index (Phi) is 6.02. The third-order valence-corrected chi connectivity index (χ3v) is 4.50. The third-order valence-electron chi connectivity index (χ3n) is 4.50. The Labute approximate surface area is 154 Å². The number of fused-ring (bicyclic) bond motifs is 1. The van der Waals surface area contributed by atoms with Crippen molar-refractivity contribution in [2.45, 2.75) is 26.3 Å². The number of imidazole rings is 1. The van der Waals surface area contributed by atoms with Crippen molar-refractivity contribution in [3.63, 3.8) is 0 Å². The summed E-state index contributed by atoms with van der Waals surface area (Å²) in [7, 11) is 1.52. The highest BCUT2D eigenvalue weighted by molar-refractivity contribution is 5.77. The maximum absolute atomic E-state index is 11.5. The van der Waals surface area contributed by atoms with Crippen molar-refractivity contribution < 1.29 is 9.53 Å². The topological polar surface area (TPSA) is 56.1 Å². The van der Waals surface area contributed by atoms with E-state index in [9.17, 15) is 4.79 Å². The fourth-order valence-corrected chi connectivity index (χ4v) is 3.11. The Morgan fingerprint density at radius 1 is 1.15 bits per heavy atom. The van der Waals surface area contributed by atoms with Crippen LogP contribution >= 0.6 is 0 Å². The quantitative estimate of drug-likeness (QED) is 0.635. The average molecular weight is 351 g/mol. The monoisotopic (exact) mass is 351 g/mol. The molecule has 0 saturated carbocycles. The summed E-state index contributed by atoms with van der Waals surface area (Å²) in [6, 6.07) is 16.7. The summed E-state index contributed by atoms with van der Waals surface area (Å²) in [6.45, 7) is 3.67. The lowest BCUT2D eigenvalue weighted by Crippen LogP contribution is -2.28. The summed E-state index contributed by atoms with van der Waals surface area (Å²) in [6.07, 6.45) is 1.65. The smallest absolute Gasteiger partial charge is 0.245 e. The van der Waals surface area contributed by atoms with Gasteiger partial charge in [0.05, 0.1) is 11.0 Å². The molecule has 0 aliphatic heterocycles. The second kappa shape index (κ2) is 8.63. The van der Waals surface area contributed by atoms with Gasteiger partial charge in [-0.1, -0.05) is 36.4 Å². The minimum Gasteiger partial charge on any atom is -0.375 e. The van der Waals surface area contributed by atoms with E-state index in [-0.39, 0.29) is 12.5 Å². The van der Waals surface area contributed by atoms with Crippen molar-refractivity contribution in [2.75, 3.05) is 20.3 Å². The number of carbonyl (C=O) groups is 1. The fraction of sp³-hybridized carbons (Fsp3) is 0.333. The van der Waals surface area contributed by atoms with Crippen LogP contribution in [0.4, 0.5) is 0 Å². The largest absolute Gasteiger partial charge is 0.375 e. The summed E-state index contributed by atoms with van der Waals surface area (Å²) >= 11 is 0. The summed E-state index contributed by atoms with van der Waals surface area (Å²) < 4.78 is 7.11. The molecule has 5 nitrogen and oxygen atoms in total. The number of aryl methyl sites for hydroxylation is 2.